The molecular weight excluding hydrogens is 538 g/mol. The SMILES string of the molecule is Cc1cc2c(n1CCN(C=O)c1nccc(-c3cc(Nc4nnc(C5CC5)s4)c(=O)n(C)c3)c1CO)CC(C)(C)C2. The van der Waals surface area contributed by atoms with Crippen LogP contribution >= 0.6 is 11.3 Å². The highest BCUT2D eigenvalue weighted by Crippen LogP contribution is 2.42. The summed E-state index contributed by atoms with van der Waals surface area (Å²) in [5, 5.41) is 23.7. The molecule has 0 aliphatic heterocycles. The summed E-state index contributed by atoms with van der Waals surface area (Å²) >= 11 is 1.46. The number of amides is 1. The Bertz CT molecular complexity index is 1680. The van der Waals surface area contributed by atoms with E-state index in [1.165, 1.54) is 32.9 Å². The first-order chi connectivity index (χ1) is 19.7. The van der Waals surface area contributed by atoms with Crippen LogP contribution in [0.5, 0.6) is 0 Å². The maximum absolute atomic E-state index is 13.0. The van der Waals surface area contributed by atoms with Gasteiger partial charge in [-0.1, -0.05) is 25.2 Å². The fourth-order valence-corrected chi connectivity index (χ4v) is 6.84. The topological polar surface area (TPSA) is 118 Å². The van der Waals surface area contributed by atoms with Crippen LogP contribution in [0.2, 0.25) is 0 Å². The summed E-state index contributed by atoms with van der Waals surface area (Å²) in [5.41, 5.74) is 6.23. The van der Waals surface area contributed by atoms with E-state index >= 15 is 0 Å². The molecule has 0 spiro atoms. The van der Waals surface area contributed by atoms with Crippen LogP contribution in [-0.4, -0.2) is 42.4 Å². The number of nitrogens with one attached hydrogen (secondary N) is 1. The van der Waals surface area contributed by atoms with Crippen molar-refractivity contribution in [2.24, 2.45) is 12.5 Å². The molecule has 214 valence electrons. The van der Waals surface area contributed by atoms with E-state index in [1.807, 2.05) is 0 Å². The van der Waals surface area contributed by atoms with Crippen molar-refractivity contribution in [1.82, 2.24) is 24.3 Å². The van der Waals surface area contributed by atoms with Crippen molar-refractivity contribution in [2.75, 3.05) is 16.8 Å². The van der Waals surface area contributed by atoms with Gasteiger partial charge in [0, 0.05) is 61.0 Å². The van der Waals surface area contributed by atoms with E-state index in [0.717, 1.165) is 37.1 Å². The molecule has 10 nitrogen and oxygen atoms in total. The van der Waals surface area contributed by atoms with E-state index in [2.05, 4.69) is 51.9 Å². The number of anilines is 3. The van der Waals surface area contributed by atoms with E-state index in [4.69, 9.17) is 0 Å². The average molecular weight is 574 g/mol. The summed E-state index contributed by atoms with van der Waals surface area (Å²) in [4.78, 5) is 31.4. The van der Waals surface area contributed by atoms with Crippen LogP contribution in [0.4, 0.5) is 16.6 Å². The number of nitrogens with zero attached hydrogens (tertiary/aromatic N) is 6. The Hall–Kier alpha value is -3.83. The van der Waals surface area contributed by atoms with Crippen LogP contribution in [0, 0.1) is 12.3 Å². The molecular formula is C30H35N7O3S. The number of carbonyl (C=O) groups is 1. The Kier molecular flexibility index (Phi) is 7.03. The number of rotatable bonds is 10. The van der Waals surface area contributed by atoms with Crippen LogP contribution in [0.1, 0.15) is 60.1 Å². The number of hydrogen-bond donors (Lipinski definition) is 2. The van der Waals surface area contributed by atoms with Crippen molar-refractivity contribution in [2.45, 2.75) is 65.5 Å². The zero-order valence-electron chi connectivity index (χ0n) is 23.8. The molecule has 1 saturated carbocycles. The van der Waals surface area contributed by atoms with Gasteiger partial charge in [-0.2, -0.15) is 0 Å². The molecule has 4 heterocycles. The number of aryl methyl sites for hydroxylation is 2. The molecule has 1 fully saturated rings. The van der Waals surface area contributed by atoms with Crippen LogP contribution in [0.25, 0.3) is 11.1 Å². The lowest BCUT2D eigenvalue weighted by molar-refractivity contribution is -0.107. The van der Waals surface area contributed by atoms with E-state index in [9.17, 15) is 14.7 Å². The van der Waals surface area contributed by atoms with Crippen molar-refractivity contribution in [1.29, 1.82) is 0 Å². The largest absolute Gasteiger partial charge is 0.392 e. The predicted octanol–water partition coefficient (Wildman–Crippen LogP) is 4.31. The summed E-state index contributed by atoms with van der Waals surface area (Å²) in [5.74, 6) is 0.887. The van der Waals surface area contributed by atoms with Gasteiger partial charge in [-0.25, -0.2) is 4.98 Å². The summed E-state index contributed by atoms with van der Waals surface area (Å²) in [6.45, 7) is 7.40. The van der Waals surface area contributed by atoms with E-state index in [1.54, 1.807) is 36.5 Å². The molecule has 0 unspecified atom stereocenters. The monoisotopic (exact) mass is 573 g/mol. The van der Waals surface area contributed by atoms with Crippen LogP contribution in [0.15, 0.2) is 35.4 Å². The highest BCUT2D eigenvalue weighted by atomic mass is 32.1. The predicted molar refractivity (Wildman–Crippen MR) is 160 cm³/mol. The first kappa shape index (κ1) is 27.3. The number of fused-ring (bicyclic) bond motifs is 1. The fourth-order valence-electron chi connectivity index (χ4n) is 5.92. The maximum Gasteiger partial charge on any atom is 0.274 e. The smallest absolute Gasteiger partial charge is 0.274 e. The molecule has 2 aliphatic rings. The van der Waals surface area contributed by atoms with Gasteiger partial charge in [0.05, 0.1) is 6.61 Å². The lowest BCUT2D eigenvalue weighted by atomic mass is 9.90. The molecule has 0 radical (unpaired) electrons. The minimum absolute atomic E-state index is 0.205. The molecule has 2 aliphatic carbocycles. The molecule has 0 saturated heterocycles. The Labute approximate surface area is 242 Å². The van der Waals surface area contributed by atoms with Gasteiger partial charge >= 0.3 is 0 Å². The number of aliphatic hydroxyl groups excluding tert-OH is 1. The number of carbonyl (C=O) groups excluding carboxylic acids is 1. The summed E-state index contributed by atoms with van der Waals surface area (Å²) in [6.07, 6.45) is 8.45. The van der Waals surface area contributed by atoms with E-state index in [-0.39, 0.29) is 17.6 Å². The number of hydrogen-bond acceptors (Lipinski definition) is 8. The minimum Gasteiger partial charge on any atom is -0.392 e. The first-order valence-corrected chi connectivity index (χ1v) is 14.8. The third-order valence-electron chi connectivity index (χ3n) is 8.08. The molecule has 0 atom stereocenters. The lowest BCUT2D eigenvalue weighted by Gasteiger charge is -2.23. The van der Waals surface area contributed by atoms with Gasteiger partial charge < -0.3 is 19.6 Å². The second-order valence-electron chi connectivity index (χ2n) is 11.9. The van der Waals surface area contributed by atoms with Gasteiger partial charge in [0.1, 0.15) is 16.5 Å². The third-order valence-corrected chi connectivity index (χ3v) is 9.08. The fraction of sp³-hybridized carbons (Fsp3) is 0.433. The molecule has 0 bridgehead atoms. The Morgan fingerprint density at radius 3 is 2.78 bits per heavy atom. The molecule has 41 heavy (non-hydrogen) atoms. The number of aromatic nitrogens is 5. The normalized spacial score (nSPS) is 15.6. The standard InChI is InChI=1S/C30H35N7O3S/c1-18-11-20-13-30(2,3)14-25(20)37(18)10-9-36(17-39)26-23(16-38)22(7-8-31-26)21-12-24(28(40)35(4)15-21)32-29-34-33-27(41-29)19-5-6-19/h7-8,11-12,15,17,19,38H,5-6,9-10,13-14,16H2,1-4H3,(H,32,34). The van der Waals surface area contributed by atoms with Gasteiger partial charge in [0.2, 0.25) is 11.5 Å². The van der Waals surface area contributed by atoms with Crippen molar-refractivity contribution in [3.05, 3.63) is 68.5 Å². The van der Waals surface area contributed by atoms with Gasteiger partial charge in [-0.15, -0.1) is 10.2 Å². The maximum atomic E-state index is 13.0. The quantitative estimate of drug-likeness (QED) is 0.272. The molecule has 0 aromatic carbocycles. The van der Waals surface area contributed by atoms with Crippen LogP contribution < -0.4 is 15.8 Å². The third kappa shape index (κ3) is 5.31. The summed E-state index contributed by atoms with van der Waals surface area (Å²) in [6, 6.07) is 5.80. The number of pyridine rings is 2. The van der Waals surface area contributed by atoms with Crippen LogP contribution in [0.3, 0.4) is 0 Å². The Morgan fingerprint density at radius 2 is 2.05 bits per heavy atom. The average Bonchev–Trinajstić information content (AvgIpc) is 3.53. The van der Waals surface area contributed by atoms with Crippen LogP contribution in [-0.2, 0) is 37.8 Å². The first-order valence-electron chi connectivity index (χ1n) is 14.0. The van der Waals surface area contributed by atoms with Crippen molar-refractivity contribution < 1.29 is 9.90 Å². The molecule has 2 N–H and O–H groups in total. The summed E-state index contributed by atoms with van der Waals surface area (Å²) in [7, 11) is 1.68. The van der Waals surface area contributed by atoms with E-state index in [0.29, 0.717) is 52.3 Å². The molecule has 1 amide bonds. The zero-order valence-corrected chi connectivity index (χ0v) is 24.7. The van der Waals surface area contributed by atoms with Gasteiger partial charge in [0.25, 0.3) is 5.56 Å². The van der Waals surface area contributed by atoms with Gasteiger partial charge in [0.15, 0.2) is 0 Å². The van der Waals surface area contributed by atoms with E-state index < -0.39 is 0 Å². The second-order valence-corrected chi connectivity index (χ2v) is 13.0. The van der Waals surface area contributed by atoms with Crippen molar-refractivity contribution >= 4 is 34.4 Å². The lowest BCUT2D eigenvalue weighted by Crippen LogP contribution is -2.29. The Morgan fingerprint density at radius 1 is 1.24 bits per heavy atom. The van der Waals surface area contributed by atoms with Crippen molar-refractivity contribution in [3.63, 3.8) is 0 Å². The zero-order chi connectivity index (χ0) is 28.9. The molecule has 4 aromatic rings. The van der Waals surface area contributed by atoms with Gasteiger partial charge in [-0.3, -0.25) is 14.5 Å². The molecule has 4 aromatic heterocycles. The molecule has 11 heteroatoms. The number of aliphatic hydroxyl groups is 1. The highest BCUT2D eigenvalue weighted by molar-refractivity contribution is 7.15. The minimum atomic E-state index is -0.318. The molecule has 6 rings (SSSR count). The van der Waals surface area contributed by atoms with Gasteiger partial charge in [-0.05, 0) is 67.3 Å². The summed E-state index contributed by atoms with van der Waals surface area (Å²) < 4.78 is 3.80. The second kappa shape index (κ2) is 10.5. The Balaban J connectivity index is 1.29. The highest BCUT2D eigenvalue weighted by Gasteiger charge is 2.32. The van der Waals surface area contributed by atoms with Crippen molar-refractivity contribution in [3.8, 4) is 11.1 Å².